The summed E-state index contributed by atoms with van der Waals surface area (Å²) in [6, 6.07) is 18.8. The number of amides is 1. The van der Waals surface area contributed by atoms with Crippen LogP contribution >= 0.6 is 38.9 Å². The molecule has 1 aromatic heterocycles. The van der Waals surface area contributed by atoms with Gasteiger partial charge in [0.15, 0.2) is 5.13 Å². The number of hydrogen-bond donors (Lipinski definition) is 1. The van der Waals surface area contributed by atoms with Gasteiger partial charge in [0.2, 0.25) is 0 Å². The lowest BCUT2D eigenvalue weighted by Crippen LogP contribution is -2.29. The molecule has 0 radical (unpaired) electrons. The predicted octanol–water partition coefficient (Wildman–Crippen LogP) is 6.65. The molecule has 1 N–H and O–H groups in total. The fraction of sp³-hybridized carbons (Fsp3) is 0.0800. The zero-order valence-electron chi connectivity index (χ0n) is 17.3. The first kappa shape index (κ1) is 21.8. The summed E-state index contributed by atoms with van der Waals surface area (Å²) in [5.41, 5.74) is 2.90. The lowest BCUT2D eigenvalue weighted by molar-refractivity contribution is -0.132. The van der Waals surface area contributed by atoms with E-state index >= 15 is 0 Å². The normalized spacial score (nSPS) is 17.8. The second-order valence-electron chi connectivity index (χ2n) is 7.70. The van der Waals surface area contributed by atoms with Crippen molar-refractivity contribution in [3.05, 3.63) is 98.5 Å². The molecule has 1 unspecified atom stereocenters. The average Bonchev–Trinajstić information content (AvgIpc) is 3.32. The van der Waals surface area contributed by atoms with Crippen molar-refractivity contribution in [3.63, 3.8) is 0 Å². The Morgan fingerprint density at radius 2 is 1.85 bits per heavy atom. The highest BCUT2D eigenvalue weighted by Gasteiger charge is 2.48. The number of carbonyl (C=O) groups is 2. The number of fused-ring (bicyclic) bond motifs is 1. The summed E-state index contributed by atoms with van der Waals surface area (Å²) in [7, 11) is 0. The molecule has 1 fully saturated rings. The van der Waals surface area contributed by atoms with Crippen molar-refractivity contribution in [2.75, 3.05) is 4.90 Å². The number of rotatable bonds is 3. The summed E-state index contributed by atoms with van der Waals surface area (Å²) in [4.78, 5) is 32.5. The number of Topliss-reactive ketones (excluding diaryl/α,β-unsaturated/α-hetero) is 1. The van der Waals surface area contributed by atoms with Gasteiger partial charge in [-0.15, -0.1) is 0 Å². The fourth-order valence-electron chi connectivity index (χ4n) is 3.91. The molecule has 0 bridgehead atoms. The molecule has 0 saturated carbocycles. The van der Waals surface area contributed by atoms with Crippen molar-refractivity contribution in [2.45, 2.75) is 13.0 Å². The first-order chi connectivity index (χ1) is 15.8. The molecule has 164 valence electrons. The number of ketones is 1. The van der Waals surface area contributed by atoms with Crippen molar-refractivity contribution in [1.29, 1.82) is 0 Å². The number of thiazole rings is 1. The van der Waals surface area contributed by atoms with Crippen LogP contribution in [0.15, 0.2) is 76.8 Å². The van der Waals surface area contributed by atoms with Crippen molar-refractivity contribution >= 4 is 71.7 Å². The predicted molar refractivity (Wildman–Crippen MR) is 135 cm³/mol. The van der Waals surface area contributed by atoms with E-state index in [0.29, 0.717) is 21.3 Å². The van der Waals surface area contributed by atoms with Crippen molar-refractivity contribution in [3.8, 4) is 0 Å². The van der Waals surface area contributed by atoms with E-state index in [1.807, 2.05) is 49.4 Å². The molecule has 1 atom stereocenters. The van der Waals surface area contributed by atoms with E-state index in [1.54, 1.807) is 24.3 Å². The molecular weight excluding hydrogens is 524 g/mol. The van der Waals surface area contributed by atoms with Crippen molar-refractivity contribution in [2.24, 2.45) is 0 Å². The molecule has 8 heteroatoms. The van der Waals surface area contributed by atoms with Crippen LogP contribution in [0, 0.1) is 6.92 Å². The average molecular weight is 540 g/mol. The standard InChI is InChI=1S/C25H16BrClN2O3S/c1-13-5-10-18-19(11-13)33-25(28-18)29-21(15-3-2-4-16(26)12-15)20(23(31)24(29)32)22(30)14-6-8-17(27)9-7-14/h2-12,21,30H,1H3/b22-20+. The SMILES string of the molecule is Cc1ccc2nc(N3C(=O)C(=O)/C(=C(/O)c4ccc(Cl)cc4)C3c3cccc(Br)c3)sc2c1. The molecule has 5 rings (SSSR count). The van der Waals surface area contributed by atoms with Crippen LogP contribution in [-0.2, 0) is 9.59 Å². The highest BCUT2D eigenvalue weighted by molar-refractivity contribution is 9.10. The summed E-state index contributed by atoms with van der Waals surface area (Å²) in [6.07, 6.45) is 0. The Labute approximate surface area is 207 Å². The van der Waals surface area contributed by atoms with E-state index in [1.165, 1.54) is 16.2 Å². The Balaban J connectivity index is 1.74. The number of carbonyl (C=O) groups excluding carboxylic acids is 2. The van der Waals surface area contributed by atoms with Crippen LogP contribution in [0.1, 0.15) is 22.7 Å². The fourth-order valence-corrected chi connectivity index (χ4v) is 5.54. The van der Waals surface area contributed by atoms with Gasteiger partial charge in [-0.05, 0) is 66.6 Å². The van der Waals surface area contributed by atoms with Gasteiger partial charge in [-0.1, -0.05) is 57.1 Å². The molecule has 1 aliphatic heterocycles. The van der Waals surface area contributed by atoms with Gasteiger partial charge in [0.05, 0.1) is 21.8 Å². The molecule has 2 heterocycles. The minimum absolute atomic E-state index is 0.0101. The third kappa shape index (κ3) is 3.86. The zero-order chi connectivity index (χ0) is 23.3. The van der Waals surface area contributed by atoms with Gasteiger partial charge in [-0.2, -0.15) is 0 Å². The number of anilines is 1. The first-order valence-corrected chi connectivity index (χ1v) is 12.0. The number of benzene rings is 3. The summed E-state index contributed by atoms with van der Waals surface area (Å²) >= 11 is 10.8. The smallest absolute Gasteiger partial charge is 0.301 e. The second kappa shape index (κ2) is 8.41. The molecule has 33 heavy (non-hydrogen) atoms. The van der Waals surface area contributed by atoms with E-state index in [2.05, 4.69) is 20.9 Å². The molecular formula is C25H16BrClN2O3S. The van der Waals surface area contributed by atoms with Gasteiger partial charge in [0.1, 0.15) is 5.76 Å². The van der Waals surface area contributed by atoms with E-state index in [4.69, 9.17) is 11.6 Å². The third-order valence-corrected chi connectivity index (χ3v) is 7.23. The van der Waals surface area contributed by atoms with Gasteiger partial charge in [0, 0.05) is 15.1 Å². The van der Waals surface area contributed by atoms with Crippen LogP contribution in [0.5, 0.6) is 0 Å². The lowest BCUT2D eigenvalue weighted by Gasteiger charge is -2.23. The molecule has 4 aromatic rings. The molecule has 1 saturated heterocycles. The number of aliphatic hydroxyl groups excluding tert-OH is 1. The van der Waals surface area contributed by atoms with Crippen LogP contribution in [-0.4, -0.2) is 21.8 Å². The Bertz CT molecular complexity index is 1460. The zero-order valence-corrected chi connectivity index (χ0v) is 20.4. The number of aliphatic hydroxyl groups is 1. The van der Waals surface area contributed by atoms with Gasteiger partial charge in [-0.3, -0.25) is 14.5 Å². The second-order valence-corrected chi connectivity index (χ2v) is 10.1. The molecule has 0 aliphatic carbocycles. The van der Waals surface area contributed by atoms with Crippen molar-refractivity contribution in [1.82, 2.24) is 4.98 Å². The van der Waals surface area contributed by atoms with Crippen LogP contribution in [0.3, 0.4) is 0 Å². The molecule has 0 spiro atoms. The molecule has 3 aromatic carbocycles. The van der Waals surface area contributed by atoms with Crippen LogP contribution < -0.4 is 4.90 Å². The molecule has 5 nitrogen and oxygen atoms in total. The van der Waals surface area contributed by atoms with E-state index in [-0.39, 0.29) is 11.3 Å². The largest absolute Gasteiger partial charge is 0.507 e. The van der Waals surface area contributed by atoms with Gasteiger partial charge < -0.3 is 5.11 Å². The molecule has 1 aliphatic rings. The maximum atomic E-state index is 13.3. The lowest BCUT2D eigenvalue weighted by atomic mass is 9.95. The quantitative estimate of drug-likeness (QED) is 0.180. The molecule has 1 amide bonds. The summed E-state index contributed by atoms with van der Waals surface area (Å²) in [6.45, 7) is 1.98. The number of aryl methyl sites for hydroxylation is 1. The monoisotopic (exact) mass is 538 g/mol. The number of nitrogens with zero attached hydrogens (tertiary/aromatic N) is 2. The van der Waals surface area contributed by atoms with E-state index in [0.717, 1.165) is 20.3 Å². The maximum absolute atomic E-state index is 13.3. The van der Waals surface area contributed by atoms with E-state index in [9.17, 15) is 14.7 Å². The highest BCUT2D eigenvalue weighted by Crippen LogP contribution is 2.44. The number of hydrogen-bond acceptors (Lipinski definition) is 5. The number of halogens is 2. The Morgan fingerprint density at radius 1 is 1.09 bits per heavy atom. The van der Waals surface area contributed by atoms with Gasteiger partial charge >= 0.3 is 5.91 Å². The van der Waals surface area contributed by atoms with E-state index < -0.39 is 17.7 Å². The van der Waals surface area contributed by atoms with Crippen LogP contribution in [0.25, 0.3) is 16.0 Å². The minimum Gasteiger partial charge on any atom is -0.507 e. The third-order valence-electron chi connectivity index (χ3n) is 5.47. The summed E-state index contributed by atoms with van der Waals surface area (Å²) < 4.78 is 1.70. The number of aromatic nitrogens is 1. The maximum Gasteiger partial charge on any atom is 0.301 e. The van der Waals surface area contributed by atoms with Crippen molar-refractivity contribution < 1.29 is 14.7 Å². The minimum atomic E-state index is -0.833. The van der Waals surface area contributed by atoms with Crippen LogP contribution in [0.4, 0.5) is 5.13 Å². The first-order valence-electron chi connectivity index (χ1n) is 10.0. The van der Waals surface area contributed by atoms with Gasteiger partial charge in [0.25, 0.3) is 5.78 Å². The topological polar surface area (TPSA) is 70.5 Å². The summed E-state index contributed by atoms with van der Waals surface area (Å²) in [5.74, 6) is -1.75. The van der Waals surface area contributed by atoms with Crippen LogP contribution in [0.2, 0.25) is 5.02 Å². The Hall–Kier alpha value is -3.00. The Morgan fingerprint density at radius 3 is 2.58 bits per heavy atom. The Kier molecular flexibility index (Phi) is 5.56. The van der Waals surface area contributed by atoms with Gasteiger partial charge in [-0.25, -0.2) is 4.98 Å². The highest BCUT2D eigenvalue weighted by atomic mass is 79.9. The summed E-state index contributed by atoms with van der Waals surface area (Å²) in [5, 5.41) is 12.1.